The van der Waals surface area contributed by atoms with Crippen molar-refractivity contribution in [2.45, 2.75) is 36.8 Å². The number of rotatable bonds is 3. The third-order valence-corrected chi connectivity index (χ3v) is 6.45. The molecule has 5 nitrogen and oxygen atoms in total. The van der Waals surface area contributed by atoms with E-state index in [1.807, 2.05) is 48.5 Å². The van der Waals surface area contributed by atoms with Crippen molar-refractivity contribution < 1.29 is 28.2 Å². The lowest BCUT2D eigenvalue weighted by Gasteiger charge is -2.35. The second-order valence-corrected chi connectivity index (χ2v) is 7.96. The molecule has 7 heteroatoms. The number of carbonyl (C=O) groups is 2. The van der Waals surface area contributed by atoms with Crippen LogP contribution in [0.5, 0.6) is 0 Å². The quantitative estimate of drug-likeness (QED) is 0.843. The van der Waals surface area contributed by atoms with Gasteiger partial charge in [-0.3, -0.25) is 4.90 Å². The Hall–Kier alpha value is -2.96. The van der Waals surface area contributed by atoms with E-state index >= 15 is 0 Å². The molecule has 1 saturated carbocycles. The summed E-state index contributed by atoms with van der Waals surface area (Å²) in [4.78, 5) is 25.3. The summed E-state index contributed by atoms with van der Waals surface area (Å²) in [6.45, 7) is 0.0312. The number of aliphatic carboxylic acids is 1. The predicted octanol–water partition coefficient (Wildman–Crippen LogP) is 4.12. The lowest BCUT2D eigenvalue weighted by molar-refractivity contribution is -0.154. The number of carbonyl (C=O) groups excluding carboxylic acids is 1. The van der Waals surface area contributed by atoms with Crippen molar-refractivity contribution in [1.82, 2.24) is 4.90 Å². The van der Waals surface area contributed by atoms with Crippen molar-refractivity contribution in [3.8, 4) is 11.1 Å². The van der Waals surface area contributed by atoms with Crippen LogP contribution in [-0.4, -0.2) is 46.7 Å². The molecule has 2 aromatic rings. The van der Waals surface area contributed by atoms with Gasteiger partial charge in [-0.2, -0.15) is 0 Å². The number of benzene rings is 2. The lowest BCUT2D eigenvalue weighted by atomic mass is 9.95. The normalized spacial score (nSPS) is 26.3. The summed E-state index contributed by atoms with van der Waals surface area (Å²) in [7, 11) is 0. The number of ether oxygens (including phenoxy) is 1. The molecule has 3 atom stereocenters. The molecule has 29 heavy (non-hydrogen) atoms. The topological polar surface area (TPSA) is 66.8 Å². The molecule has 1 amide bonds. The molecule has 150 valence electrons. The highest BCUT2D eigenvalue weighted by Crippen LogP contribution is 2.52. The van der Waals surface area contributed by atoms with Crippen LogP contribution in [0.1, 0.15) is 29.9 Å². The van der Waals surface area contributed by atoms with Crippen LogP contribution in [0, 0.1) is 5.92 Å². The average molecular weight is 399 g/mol. The van der Waals surface area contributed by atoms with Crippen molar-refractivity contribution in [2.24, 2.45) is 5.92 Å². The highest BCUT2D eigenvalue weighted by molar-refractivity contribution is 5.83. The van der Waals surface area contributed by atoms with Crippen LogP contribution in [0.3, 0.4) is 0 Å². The first kappa shape index (κ1) is 18.1. The number of carboxylic acid groups (broad SMARTS) is 1. The van der Waals surface area contributed by atoms with Gasteiger partial charge in [-0.25, -0.2) is 18.4 Å². The van der Waals surface area contributed by atoms with Crippen molar-refractivity contribution >= 4 is 12.1 Å². The number of alkyl halides is 2. The molecule has 2 unspecified atom stereocenters. The van der Waals surface area contributed by atoms with Gasteiger partial charge < -0.3 is 9.84 Å². The van der Waals surface area contributed by atoms with E-state index < -0.39 is 42.4 Å². The summed E-state index contributed by atoms with van der Waals surface area (Å²) in [6, 6.07) is 13.4. The number of amides is 1. The zero-order chi connectivity index (χ0) is 20.3. The van der Waals surface area contributed by atoms with E-state index in [2.05, 4.69) is 0 Å². The smallest absolute Gasteiger partial charge is 0.410 e. The largest absolute Gasteiger partial charge is 0.480 e. The summed E-state index contributed by atoms with van der Waals surface area (Å²) in [5, 5.41) is 9.44. The summed E-state index contributed by atoms with van der Waals surface area (Å²) < 4.78 is 33.5. The maximum Gasteiger partial charge on any atom is 0.410 e. The van der Waals surface area contributed by atoms with Crippen molar-refractivity contribution in [1.29, 1.82) is 0 Å². The molecule has 1 heterocycles. The van der Waals surface area contributed by atoms with Gasteiger partial charge in [0, 0.05) is 18.4 Å². The fraction of sp³-hybridized carbons (Fsp3) is 0.364. The van der Waals surface area contributed by atoms with Crippen LogP contribution in [0.4, 0.5) is 13.6 Å². The Morgan fingerprint density at radius 3 is 2.24 bits per heavy atom. The van der Waals surface area contributed by atoms with E-state index in [4.69, 9.17) is 4.74 Å². The minimum atomic E-state index is -3.06. The van der Waals surface area contributed by atoms with E-state index in [-0.39, 0.29) is 18.9 Å². The van der Waals surface area contributed by atoms with Gasteiger partial charge in [0.05, 0.1) is 5.92 Å². The van der Waals surface area contributed by atoms with Gasteiger partial charge in [0.2, 0.25) is 0 Å². The second-order valence-electron chi connectivity index (χ2n) is 7.96. The number of nitrogens with zero attached hydrogens (tertiary/aromatic N) is 1. The number of halogens is 2. The first-order chi connectivity index (χ1) is 13.9. The molecule has 2 aliphatic carbocycles. The zero-order valence-electron chi connectivity index (χ0n) is 15.4. The van der Waals surface area contributed by atoms with Crippen molar-refractivity contribution in [2.75, 3.05) is 6.61 Å². The van der Waals surface area contributed by atoms with Gasteiger partial charge >= 0.3 is 12.1 Å². The number of piperidine rings is 1. The van der Waals surface area contributed by atoms with Crippen molar-refractivity contribution in [3.05, 3.63) is 59.7 Å². The monoisotopic (exact) mass is 399 g/mol. The number of hydrogen-bond donors (Lipinski definition) is 1. The Bertz CT molecular complexity index is 962. The first-order valence-corrected chi connectivity index (χ1v) is 9.62. The number of likely N-dealkylation sites (tertiary alicyclic amines) is 1. The Labute approximate surface area is 165 Å². The number of carboxylic acids is 1. The first-order valence-electron chi connectivity index (χ1n) is 9.62. The van der Waals surface area contributed by atoms with E-state index in [0.29, 0.717) is 0 Å². The summed E-state index contributed by atoms with van der Waals surface area (Å²) in [5.74, 6) is -6.00. The van der Waals surface area contributed by atoms with E-state index in [1.54, 1.807) is 0 Å². The van der Waals surface area contributed by atoms with Crippen LogP contribution in [0.2, 0.25) is 0 Å². The molecule has 1 N–H and O–H groups in total. The molecule has 2 fully saturated rings. The van der Waals surface area contributed by atoms with E-state index in [0.717, 1.165) is 27.2 Å². The van der Waals surface area contributed by atoms with Crippen LogP contribution >= 0.6 is 0 Å². The average Bonchev–Trinajstić information content (AvgIpc) is 3.32. The van der Waals surface area contributed by atoms with Gasteiger partial charge in [-0.15, -0.1) is 0 Å². The summed E-state index contributed by atoms with van der Waals surface area (Å²) >= 11 is 0. The number of hydrogen-bond acceptors (Lipinski definition) is 3. The molecule has 1 aliphatic heterocycles. The standard InChI is InChI=1S/C22H19F2NO4/c23-22(24)10-12-9-18(22)19(20(26)27)25(12)21(28)29-11-17-15-7-3-1-5-13(15)14-6-2-4-8-16(14)17/h1-8,12,17-19H,9-11H2,(H,26,27)/t12?,18?,19-/m0/s1. The van der Waals surface area contributed by atoms with Crippen molar-refractivity contribution in [3.63, 3.8) is 0 Å². The van der Waals surface area contributed by atoms with Gasteiger partial charge in [0.15, 0.2) is 0 Å². The molecule has 5 rings (SSSR count). The Kier molecular flexibility index (Phi) is 3.91. The molecule has 0 spiro atoms. The van der Waals surface area contributed by atoms with Gasteiger partial charge in [-0.1, -0.05) is 48.5 Å². The molecule has 1 saturated heterocycles. The summed E-state index contributed by atoms with van der Waals surface area (Å²) in [6.07, 6.45) is -1.35. The van der Waals surface area contributed by atoms with E-state index in [1.165, 1.54) is 0 Å². The van der Waals surface area contributed by atoms with Gasteiger partial charge in [0.1, 0.15) is 12.6 Å². The Balaban J connectivity index is 1.37. The molecule has 2 aromatic carbocycles. The minimum Gasteiger partial charge on any atom is -0.480 e. The highest BCUT2D eigenvalue weighted by atomic mass is 19.3. The molecular formula is C22H19F2NO4. The Morgan fingerprint density at radius 2 is 1.66 bits per heavy atom. The highest BCUT2D eigenvalue weighted by Gasteiger charge is 2.65. The summed E-state index contributed by atoms with van der Waals surface area (Å²) in [5.41, 5.74) is 4.22. The third-order valence-electron chi connectivity index (χ3n) is 6.45. The molecule has 2 bridgehead atoms. The van der Waals surface area contributed by atoms with Crippen LogP contribution in [0.15, 0.2) is 48.5 Å². The fourth-order valence-electron chi connectivity index (χ4n) is 5.23. The zero-order valence-corrected chi connectivity index (χ0v) is 15.4. The molecule has 0 aromatic heterocycles. The minimum absolute atomic E-state index is 0.00579. The Morgan fingerprint density at radius 1 is 1.07 bits per heavy atom. The van der Waals surface area contributed by atoms with Gasteiger partial charge in [0.25, 0.3) is 5.92 Å². The van der Waals surface area contributed by atoms with Gasteiger partial charge in [-0.05, 0) is 28.7 Å². The van der Waals surface area contributed by atoms with Crippen LogP contribution < -0.4 is 0 Å². The number of fused-ring (bicyclic) bond motifs is 5. The lowest BCUT2D eigenvalue weighted by Crippen LogP contribution is -2.54. The fourth-order valence-corrected chi connectivity index (χ4v) is 5.23. The second kappa shape index (κ2) is 6.27. The third kappa shape index (κ3) is 2.63. The maximum atomic E-state index is 14.0. The van der Waals surface area contributed by atoms with Crippen LogP contribution in [0.25, 0.3) is 11.1 Å². The molecule has 3 aliphatic rings. The molecular weight excluding hydrogens is 380 g/mol. The predicted molar refractivity (Wildman–Crippen MR) is 99.8 cm³/mol. The maximum absolute atomic E-state index is 14.0. The SMILES string of the molecule is O=C(O)[C@@H]1C2CC(CC2(F)F)N1C(=O)OCC1c2ccccc2-c2ccccc21. The molecule has 0 radical (unpaired) electrons. The van der Waals surface area contributed by atoms with Crippen LogP contribution in [-0.2, 0) is 9.53 Å². The van der Waals surface area contributed by atoms with E-state index in [9.17, 15) is 23.5 Å².